The van der Waals surface area contributed by atoms with E-state index in [4.69, 9.17) is 14.3 Å². The maximum absolute atomic E-state index is 13.4. The minimum atomic E-state index is -1.56. The van der Waals surface area contributed by atoms with Gasteiger partial charge in [0.2, 0.25) is 11.5 Å². The lowest BCUT2D eigenvalue weighted by molar-refractivity contribution is -0.153. The number of nitrogens with one attached hydrogen (secondary N) is 4. The molecule has 46 heavy (non-hydrogen) atoms. The molecule has 1 saturated heterocycles. The first-order valence-corrected chi connectivity index (χ1v) is 15.2. The Morgan fingerprint density at radius 2 is 1.76 bits per heavy atom. The maximum Gasteiger partial charge on any atom is 0.413 e. The molecule has 1 aliphatic carbocycles. The number of amides is 4. The van der Waals surface area contributed by atoms with E-state index >= 15 is 0 Å². The average molecular weight is 664 g/mol. The van der Waals surface area contributed by atoms with Crippen molar-refractivity contribution in [1.82, 2.24) is 35.9 Å². The van der Waals surface area contributed by atoms with Crippen molar-refractivity contribution in [2.45, 2.75) is 103 Å². The van der Waals surface area contributed by atoms with Gasteiger partial charge in [-0.2, -0.15) is 15.0 Å². The SMILES string of the molecule is Cc1nn(C[C@@H]2NC(=O)C2NC(=O)/C(=N\OC2(C(=O)O)CC2)c2csc(NC(=O)OC(C)(C)C)n2)nc1CNC(=O)OC(C)(C)C. The molecule has 0 spiro atoms. The van der Waals surface area contributed by atoms with Crippen LogP contribution in [0.1, 0.15) is 71.5 Å². The molecule has 250 valence electrons. The van der Waals surface area contributed by atoms with Crippen molar-refractivity contribution in [1.29, 1.82) is 0 Å². The van der Waals surface area contributed by atoms with Gasteiger partial charge in [-0.15, -0.1) is 11.3 Å². The van der Waals surface area contributed by atoms with E-state index in [2.05, 4.69) is 41.6 Å². The number of ether oxygens (including phenoxy) is 2. The number of aliphatic carboxylic acids is 1. The summed E-state index contributed by atoms with van der Waals surface area (Å²) in [6.07, 6.45) is -0.986. The summed E-state index contributed by atoms with van der Waals surface area (Å²) in [5.74, 6) is -2.58. The second kappa shape index (κ2) is 12.9. The molecule has 0 aromatic carbocycles. The third-order valence-electron chi connectivity index (χ3n) is 6.35. The van der Waals surface area contributed by atoms with Gasteiger partial charge in [0.15, 0.2) is 10.8 Å². The number of hydrogen-bond donors (Lipinski definition) is 5. The molecule has 19 heteroatoms. The Balaban J connectivity index is 1.44. The molecule has 4 amide bonds. The molecule has 0 bridgehead atoms. The number of aryl methyl sites for hydroxylation is 1. The Hall–Kier alpha value is -4.81. The lowest BCUT2D eigenvalue weighted by Crippen LogP contribution is -2.70. The predicted molar refractivity (Wildman–Crippen MR) is 161 cm³/mol. The van der Waals surface area contributed by atoms with Gasteiger partial charge >= 0.3 is 18.2 Å². The van der Waals surface area contributed by atoms with Gasteiger partial charge in [0.25, 0.3) is 5.91 Å². The summed E-state index contributed by atoms with van der Waals surface area (Å²) in [7, 11) is 0. The van der Waals surface area contributed by atoms with Crippen LogP contribution in [0, 0.1) is 6.92 Å². The zero-order valence-corrected chi connectivity index (χ0v) is 27.2. The molecule has 1 unspecified atom stereocenters. The van der Waals surface area contributed by atoms with Crippen LogP contribution < -0.4 is 21.3 Å². The van der Waals surface area contributed by atoms with E-state index in [-0.39, 0.29) is 36.8 Å². The van der Waals surface area contributed by atoms with Crippen LogP contribution in [-0.4, -0.2) is 89.7 Å². The fourth-order valence-electron chi connectivity index (χ4n) is 3.95. The molecule has 18 nitrogen and oxygen atoms in total. The van der Waals surface area contributed by atoms with E-state index in [0.29, 0.717) is 11.4 Å². The number of carboxylic acids is 1. The predicted octanol–water partition coefficient (Wildman–Crippen LogP) is 1.44. The Morgan fingerprint density at radius 3 is 2.35 bits per heavy atom. The van der Waals surface area contributed by atoms with E-state index in [9.17, 15) is 29.1 Å². The number of carbonyl (C=O) groups excluding carboxylic acids is 4. The van der Waals surface area contributed by atoms with Gasteiger partial charge in [-0.25, -0.2) is 19.4 Å². The highest BCUT2D eigenvalue weighted by atomic mass is 32.1. The minimum absolute atomic E-state index is 0.0301. The largest absolute Gasteiger partial charge is 0.478 e. The molecule has 4 rings (SSSR count). The fourth-order valence-corrected chi connectivity index (χ4v) is 4.63. The van der Waals surface area contributed by atoms with Gasteiger partial charge in [-0.3, -0.25) is 14.9 Å². The van der Waals surface area contributed by atoms with Crippen LogP contribution in [0.2, 0.25) is 0 Å². The van der Waals surface area contributed by atoms with Crippen molar-refractivity contribution >= 4 is 52.2 Å². The zero-order chi connectivity index (χ0) is 34.0. The number of nitrogens with zero attached hydrogens (tertiary/aromatic N) is 5. The van der Waals surface area contributed by atoms with Crippen LogP contribution in [0.4, 0.5) is 14.7 Å². The molecule has 1 aliphatic heterocycles. The quantitative estimate of drug-likeness (QED) is 0.130. The lowest BCUT2D eigenvalue weighted by atomic mass is 9.98. The van der Waals surface area contributed by atoms with E-state index in [1.807, 2.05) is 0 Å². The second-order valence-electron chi connectivity index (χ2n) is 12.7. The van der Waals surface area contributed by atoms with Crippen LogP contribution in [-0.2, 0) is 41.8 Å². The summed E-state index contributed by atoms with van der Waals surface area (Å²) in [6.45, 7) is 12.2. The molecule has 5 N–H and O–H groups in total. The number of carboxylic acid groups (broad SMARTS) is 1. The summed E-state index contributed by atoms with van der Waals surface area (Å²) in [5.41, 5.74) is -2.39. The summed E-state index contributed by atoms with van der Waals surface area (Å²) < 4.78 is 10.4. The number of alkyl carbamates (subject to hydrolysis) is 1. The van der Waals surface area contributed by atoms with Gasteiger partial charge in [0.05, 0.1) is 24.8 Å². The molecule has 2 aliphatic rings. The molecule has 1 saturated carbocycles. The number of thiazole rings is 1. The number of aromatic nitrogens is 4. The van der Waals surface area contributed by atoms with Gasteiger partial charge in [-0.05, 0) is 48.5 Å². The number of rotatable bonds is 11. The number of carbonyl (C=O) groups is 5. The van der Waals surface area contributed by atoms with Crippen molar-refractivity contribution in [3.05, 3.63) is 22.5 Å². The van der Waals surface area contributed by atoms with Gasteiger partial charge < -0.3 is 35.4 Å². The fraction of sp³-hybridized carbons (Fsp3) is 0.593. The maximum atomic E-state index is 13.4. The highest BCUT2D eigenvalue weighted by Crippen LogP contribution is 2.40. The highest BCUT2D eigenvalue weighted by molar-refractivity contribution is 7.14. The van der Waals surface area contributed by atoms with E-state index < -0.39 is 64.6 Å². The third kappa shape index (κ3) is 8.89. The minimum Gasteiger partial charge on any atom is -0.478 e. The molecule has 2 aromatic heterocycles. The van der Waals surface area contributed by atoms with Crippen LogP contribution >= 0.6 is 11.3 Å². The number of anilines is 1. The Labute approximate surface area is 267 Å². The van der Waals surface area contributed by atoms with E-state index in [0.717, 1.165) is 11.3 Å². The average Bonchev–Trinajstić information content (AvgIpc) is 3.44. The first-order valence-electron chi connectivity index (χ1n) is 14.3. The van der Waals surface area contributed by atoms with Gasteiger partial charge in [-0.1, -0.05) is 5.16 Å². The van der Waals surface area contributed by atoms with Crippen LogP contribution in [0.15, 0.2) is 10.5 Å². The Bertz CT molecular complexity index is 1550. The topological polar surface area (TPSA) is 237 Å². The Kier molecular flexibility index (Phi) is 9.55. The monoisotopic (exact) mass is 663 g/mol. The first-order chi connectivity index (χ1) is 21.3. The summed E-state index contributed by atoms with van der Waals surface area (Å²) >= 11 is 0.969. The smallest absolute Gasteiger partial charge is 0.413 e. The summed E-state index contributed by atoms with van der Waals surface area (Å²) in [6, 6.07) is -1.65. The number of β-lactam (4-membered cyclic amide) rings is 1. The normalized spacial score (nSPS) is 18.8. The number of hydrogen-bond acceptors (Lipinski definition) is 13. The zero-order valence-electron chi connectivity index (χ0n) is 26.4. The van der Waals surface area contributed by atoms with Crippen molar-refractivity contribution in [3.63, 3.8) is 0 Å². The molecule has 2 fully saturated rings. The van der Waals surface area contributed by atoms with Gasteiger partial charge in [0.1, 0.15) is 28.6 Å². The summed E-state index contributed by atoms with van der Waals surface area (Å²) in [4.78, 5) is 72.6. The van der Waals surface area contributed by atoms with Crippen molar-refractivity contribution < 1.29 is 43.4 Å². The van der Waals surface area contributed by atoms with Crippen LogP contribution in [0.25, 0.3) is 0 Å². The van der Waals surface area contributed by atoms with E-state index in [1.165, 1.54) is 10.2 Å². The molecule has 2 aromatic rings. The highest BCUT2D eigenvalue weighted by Gasteiger charge is 2.55. The van der Waals surface area contributed by atoms with Crippen molar-refractivity contribution in [2.24, 2.45) is 5.16 Å². The molecular weight excluding hydrogens is 626 g/mol. The third-order valence-corrected chi connectivity index (χ3v) is 7.11. The van der Waals surface area contributed by atoms with Gasteiger partial charge in [0, 0.05) is 18.2 Å². The molecule has 0 radical (unpaired) electrons. The second-order valence-corrected chi connectivity index (χ2v) is 13.6. The lowest BCUT2D eigenvalue weighted by Gasteiger charge is -2.36. The van der Waals surface area contributed by atoms with Crippen LogP contribution in [0.3, 0.4) is 0 Å². The standard InChI is InChI=1S/C27H37N9O9S/c1-13-14(10-28-23(41)43-25(2,3)4)34-36(33-13)11-15-17(19(37)29-15)31-20(38)18(35-45-27(8-9-27)21(39)40)16-12-46-22(30-16)32-24(42)44-26(5,6)7/h12,15,17H,8-11H2,1-7H3,(H,28,41)(H,29,37)(H,31,38)(H,39,40)(H,30,32,42)/b35-18-/t15-,17?/m0/s1. The Morgan fingerprint density at radius 1 is 1.11 bits per heavy atom. The molecule has 2 atom stereocenters. The van der Waals surface area contributed by atoms with E-state index in [1.54, 1.807) is 48.5 Å². The van der Waals surface area contributed by atoms with Crippen molar-refractivity contribution in [3.8, 4) is 0 Å². The summed E-state index contributed by atoms with van der Waals surface area (Å²) in [5, 5.41) is 33.9. The van der Waals surface area contributed by atoms with Crippen LogP contribution in [0.5, 0.6) is 0 Å². The molecule has 3 heterocycles. The molecular formula is C27H37N9O9S. The first kappa shape index (κ1) is 34.1. The number of oxime groups is 1. The van der Waals surface area contributed by atoms with Crippen molar-refractivity contribution in [2.75, 3.05) is 5.32 Å².